The SMILES string of the molecule is COc1ccc(OC(C)C(=O)N(C)CCC(C)O)cc1. The van der Waals surface area contributed by atoms with Crippen molar-refractivity contribution in [2.24, 2.45) is 0 Å². The number of hydrogen-bond donors (Lipinski definition) is 1. The molecule has 5 heteroatoms. The van der Waals surface area contributed by atoms with Gasteiger partial charge >= 0.3 is 0 Å². The molecule has 0 saturated carbocycles. The second-order valence-corrected chi connectivity index (χ2v) is 4.83. The second kappa shape index (κ2) is 7.75. The summed E-state index contributed by atoms with van der Waals surface area (Å²) in [6.07, 6.45) is -0.428. The molecule has 2 unspecified atom stereocenters. The van der Waals surface area contributed by atoms with E-state index in [0.29, 0.717) is 18.7 Å². The molecule has 1 aromatic carbocycles. The number of methoxy groups -OCH3 is 1. The molecule has 0 aliphatic heterocycles. The van der Waals surface area contributed by atoms with Crippen LogP contribution in [0.25, 0.3) is 0 Å². The summed E-state index contributed by atoms with van der Waals surface area (Å²) in [5.74, 6) is 1.25. The fourth-order valence-corrected chi connectivity index (χ4v) is 1.71. The molecule has 0 fully saturated rings. The average molecular weight is 281 g/mol. The zero-order valence-electron chi connectivity index (χ0n) is 12.5. The van der Waals surface area contributed by atoms with Crippen LogP contribution in [0.3, 0.4) is 0 Å². The Morgan fingerprint density at radius 2 is 1.80 bits per heavy atom. The molecule has 0 saturated heterocycles. The van der Waals surface area contributed by atoms with Gasteiger partial charge in [-0.1, -0.05) is 0 Å². The van der Waals surface area contributed by atoms with Gasteiger partial charge in [0.05, 0.1) is 13.2 Å². The van der Waals surface area contributed by atoms with Crippen molar-refractivity contribution in [3.05, 3.63) is 24.3 Å². The molecular formula is C15H23NO4. The number of ether oxygens (including phenoxy) is 2. The molecule has 1 rings (SSSR count). The van der Waals surface area contributed by atoms with E-state index in [1.165, 1.54) is 0 Å². The number of rotatable bonds is 7. The quantitative estimate of drug-likeness (QED) is 0.826. The van der Waals surface area contributed by atoms with E-state index in [4.69, 9.17) is 9.47 Å². The normalized spacial score (nSPS) is 13.4. The summed E-state index contributed by atoms with van der Waals surface area (Å²) < 4.78 is 10.7. The van der Waals surface area contributed by atoms with Gasteiger partial charge in [0.25, 0.3) is 5.91 Å². The van der Waals surface area contributed by atoms with Gasteiger partial charge in [0.15, 0.2) is 6.10 Å². The van der Waals surface area contributed by atoms with Gasteiger partial charge in [0.1, 0.15) is 11.5 Å². The van der Waals surface area contributed by atoms with E-state index in [0.717, 1.165) is 5.75 Å². The Morgan fingerprint density at radius 1 is 1.25 bits per heavy atom. The number of aliphatic hydroxyl groups is 1. The highest BCUT2D eigenvalue weighted by Crippen LogP contribution is 2.18. The lowest BCUT2D eigenvalue weighted by Gasteiger charge is -2.22. The lowest BCUT2D eigenvalue weighted by molar-refractivity contribution is -0.136. The van der Waals surface area contributed by atoms with Crippen LogP contribution in [0, 0.1) is 0 Å². The Hall–Kier alpha value is -1.75. The number of amides is 1. The lowest BCUT2D eigenvalue weighted by atomic mass is 10.2. The van der Waals surface area contributed by atoms with E-state index in [9.17, 15) is 9.90 Å². The standard InChI is InChI=1S/C15H23NO4/c1-11(17)9-10-16(3)15(18)12(2)20-14-7-5-13(19-4)6-8-14/h5-8,11-12,17H,9-10H2,1-4H3. The van der Waals surface area contributed by atoms with E-state index in [-0.39, 0.29) is 5.91 Å². The van der Waals surface area contributed by atoms with Gasteiger partial charge in [-0.05, 0) is 44.5 Å². The van der Waals surface area contributed by atoms with E-state index in [1.807, 2.05) is 0 Å². The molecule has 1 amide bonds. The van der Waals surface area contributed by atoms with E-state index in [2.05, 4.69) is 0 Å². The van der Waals surface area contributed by atoms with Gasteiger partial charge in [-0.25, -0.2) is 0 Å². The molecule has 20 heavy (non-hydrogen) atoms. The first-order chi connectivity index (χ1) is 9.43. The van der Waals surface area contributed by atoms with Gasteiger partial charge in [-0.2, -0.15) is 0 Å². The monoisotopic (exact) mass is 281 g/mol. The topological polar surface area (TPSA) is 59.0 Å². The van der Waals surface area contributed by atoms with Crippen molar-refractivity contribution < 1.29 is 19.4 Å². The van der Waals surface area contributed by atoms with E-state index >= 15 is 0 Å². The maximum Gasteiger partial charge on any atom is 0.263 e. The minimum atomic E-state index is -0.567. The van der Waals surface area contributed by atoms with Crippen molar-refractivity contribution >= 4 is 5.91 Å². The van der Waals surface area contributed by atoms with Crippen LogP contribution in [-0.4, -0.2) is 48.8 Å². The number of likely N-dealkylation sites (N-methyl/N-ethyl adjacent to an activating group) is 1. The highest BCUT2D eigenvalue weighted by molar-refractivity contribution is 5.80. The first-order valence-electron chi connectivity index (χ1n) is 6.67. The van der Waals surface area contributed by atoms with Crippen LogP contribution in [0.5, 0.6) is 11.5 Å². The number of aliphatic hydroxyl groups excluding tert-OH is 1. The molecule has 0 aromatic heterocycles. The zero-order valence-corrected chi connectivity index (χ0v) is 12.5. The largest absolute Gasteiger partial charge is 0.497 e. The predicted octanol–water partition coefficient (Wildman–Crippen LogP) is 1.69. The van der Waals surface area contributed by atoms with Crippen molar-refractivity contribution in [3.8, 4) is 11.5 Å². The van der Waals surface area contributed by atoms with Crippen LogP contribution < -0.4 is 9.47 Å². The first kappa shape index (κ1) is 16.3. The Labute approximate surface area is 120 Å². The summed E-state index contributed by atoms with van der Waals surface area (Å²) >= 11 is 0. The van der Waals surface area contributed by atoms with Crippen LogP contribution >= 0.6 is 0 Å². The van der Waals surface area contributed by atoms with Gasteiger partial charge in [-0.15, -0.1) is 0 Å². The highest BCUT2D eigenvalue weighted by Gasteiger charge is 2.19. The van der Waals surface area contributed by atoms with Crippen molar-refractivity contribution in [2.75, 3.05) is 20.7 Å². The first-order valence-corrected chi connectivity index (χ1v) is 6.67. The van der Waals surface area contributed by atoms with E-state index < -0.39 is 12.2 Å². The Bertz CT molecular complexity index is 416. The molecular weight excluding hydrogens is 258 g/mol. The molecule has 0 bridgehead atoms. The molecule has 1 aromatic rings. The molecule has 1 N–H and O–H groups in total. The highest BCUT2D eigenvalue weighted by atomic mass is 16.5. The predicted molar refractivity (Wildman–Crippen MR) is 77.0 cm³/mol. The van der Waals surface area contributed by atoms with Gasteiger partial charge in [0.2, 0.25) is 0 Å². The summed E-state index contributed by atoms with van der Waals surface area (Å²) in [7, 11) is 3.30. The molecule has 112 valence electrons. The number of benzene rings is 1. The Balaban J connectivity index is 2.51. The molecule has 2 atom stereocenters. The summed E-state index contributed by atoms with van der Waals surface area (Å²) in [6, 6.07) is 7.09. The van der Waals surface area contributed by atoms with Crippen molar-refractivity contribution in [1.82, 2.24) is 4.90 Å². The summed E-state index contributed by atoms with van der Waals surface area (Å²) in [5, 5.41) is 9.23. The minimum Gasteiger partial charge on any atom is -0.497 e. The van der Waals surface area contributed by atoms with Crippen LogP contribution in [0.15, 0.2) is 24.3 Å². The average Bonchev–Trinajstić information content (AvgIpc) is 2.44. The zero-order chi connectivity index (χ0) is 15.1. The molecule has 0 heterocycles. The Kier molecular flexibility index (Phi) is 6.31. The fourth-order valence-electron chi connectivity index (χ4n) is 1.71. The Morgan fingerprint density at radius 3 is 2.30 bits per heavy atom. The summed E-state index contributed by atoms with van der Waals surface area (Å²) in [5.41, 5.74) is 0. The maximum absolute atomic E-state index is 12.1. The molecule has 0 aliphatic carbocycles. The van der Waals surface area contributed by atoms with Crippen molar-refractivity contribution in [3.63, 3.8) is 0 Å². The fraction of sp³-hybridized carbons (Fsp3) is 0.533. The van der Waals surface area contributed by atoms with Crippen LogP contribution in [-0.2, 0) is 4.79 Å². The van der Waals surface area contributed by atoms with Crippen LogP contribution in [0.2, 0.25) is 0 Å². The lowest BCUT2D eigenvalue weighted by Crippen LogP contribution is -2.39. The molecule has 0 radical (unpaired) electrons. The minimum absolute atomic E-state index is 0.110. The van der Waals surface area contributed by atoms with Crippen molar-refractivity contribution in [1.29, 1.82) is 0 Å². The van der Waals surface area contributed by atoms with Crippen molar-refractivity contribution in [2.45, 2.75) is 32.5 Å². The summed E-state index contributed by atoms with van der Waals surface area (Å²) in [6.45, 7) is 3.92. The maximum atomic E-state index is 12.1. The number of nitrogens with zero attached hydrogens (tertiary/aromatic N) is 1. The van der Waals surface area contributed by atoms with E-state index in [1.54, 1.807) is 57.2 Å². The van der Waals surface area contributed by atoms with Crippen LogP contribution in [0.1, 0.15) is 20.3 Å². The van der Waals surface area contributed by atoms with Gasteiger partial charge in [0, 0.05) is 13.6 Å². The molecule has 0 aliphatic rings. The smallest absolute Gasteiger partial charge is 0.263 e. The third-order valence-corrected chi connectivity index (χ3v) is 2.98. The molecule has 5 nitrogen and oxygen atoms in total. The summed E-state index contributed by atoms with van der Waals surface area (Å²) in [4.78, 5) is 13.6. The number of hydrogen-bond acceptors (Lipinski definition) is 4. The van der Waals surface area contributed by atoms with Gasteiger partial charge < -0.3 is 19.5 Å². The third-order valence-electron chi connectivity index (χ3n) is 2.98. The third kappa shape index (κ3) is 5.09. The number of carbonyl (C=O) groups excluding carboxylic acids is 1. The number of carbonyl (C=O) groups is 1. The molecule has 0 spiro atoms. The second-order valence-electron chi connectivity index (χ2n) is 4.83. The van der Waals surface area contributed by atoms with Gasteiger partial charge in [-0.3, -0.25) is 4.79 Å². The van der Waals surface area contributed by atoms with Crippen LogP contribution in [0.4, 0.5) is 0 Å².